The van der Waals surface area contributed by atoms with Crippen LogP contribution in [0.3, 0.4) is 0 Å². The summed E-state index contributed by atoms with van der Waals surface area (Å²) in [6.07, 6.45) is 2.23. The highest BCUT2D eigenvalue weighted by Crippen LogP contribution is 2.30. The van der Waals surface area contributed by atoms with Crippen LogP contribution in [-0.4, -0.2) is 31.2 Å². The maximum absolute atomic E-state index is 12.0. The second-order valence-corrected chi connectivity index (χ2v) is 6.96. The maximum atomic E-state index is 12.0. The summed E-state index contributed by atoms with van der Waals surface area (Å²) in [5.74, 6) is 2.30. The molecule has 0 saturated carbocycles. The van der Waals surface area contributed by atoms with Crippen LogP contribution in [0.15, 0.2) is 53.1 Å². The fourth-order valence-corrected chi connectivity index (χ4v) is 3.10. The lowest BCUT2D eigenvalue weighted by Gasteiger charge is -2.08. The van der Waals surface area contributed by atoms with E-state index in [2.05, 4.69) is 10.3 Å². The third-order valence-electron chi connectivity index (χ3n) is 4.05. The number of oxazole rings is 1. The van der Waals surface area contributed by atoms with Crippen LogP contribution in [0.1, 0.15) is 12.3 Å². The van der Waals surface area contributed by atoms with Crippen molar-refractivity contribution in [3.63, 3.8) is 0 Å². The molecular weight excluding hydrogens is 415 g/mol. The second-order valence-electron chi connectivity index (χ2n) is 6.12. The minimum Gasteiger partial charge on any atom is -0.497 e. The average Bonchev–Trinajstić information content (AvgIpc) is 3.18. The standard InChI is InChI=1S/C21H20Cl2N2O4/c1-27-15-3-2-4-16(12-15)28-10-9-24-20(26)7-8-21-25-13-19(29-21)17-6-5-14(22)11-18(17)23/h2-6,11-13H,7-10H2,1H3,(H,24,26). The number of nitrogens with zero attached hydrogens (tertiary/aromatic N) is 1. The lowest BCUT2D eigenvalue weighted by molar-refractivity contribution is -0.121. The highest BCUT2D eigenvalue weighted by molar-refractivity contribution is 6.36. The van der Waals surface area contributed by atoms with Crippen molar-refractivity contribution in [2.45, 2.75) is 12.8 Å². The van der Waals surface area contributed by atoms with Gasteiger partial charge in [0.25, 0.3) is 0 Å². The molecular formula is C21H20Cl2N2O4. The predicted octanol–water partition coefficient (Wildman–Crippen LogP) is 4.78. The predicted molar refractivity (Wildman–Crippen MR) is 112 cm³/mol. The van der Waals surface area contributed by atoms with E-state index in [0.717, 1.165) is 5.75 Å². The van der Waals surface area contributed by atoms with Crippen molar-refractivity contribution in [3.05, 3.63) is 64.6 Å². The van der Waals surface area contributed by atoms with Crippen LogP contribution < -0.4 is 14.8 Å². The number of halogens is 2. The molecule has 3 aromatic rings. The average molecular weight is 435 g/mol. The van der Waals surface area contributed by atoms with Crippen molar-refractivity contribution in [2.24, 2.45) is 0 Å². The van der Waals surface area contributed by atoms with Gasteiger partial charge in [0, 0.05) is 29.5 Å². The van der Waals surface area contributed by atoms with Gasteiger partial charge in [0.1, 0.15) is 18.1 Å². The molecule has 6 nitrogen and oxygen atoms in total. The molecule has 1 amide bonds. The number of aryl methyl sites for hydroxylation is 1. The summed E-state index contributed by atoms with van der Waals surface area (Å²) in [6, 6.07) is 12.4. The van der Waals surface area contributed by atoms with Crippen molar-refractivity contribution in [1.82, 2.24) is 10.3 Å². The molecule has 0 aliphatic rings. The van der Waals surface area contributed by atoms with E-state index in [9.17, 15) is 4.79 Å². The molecule has 29 heavy (non-hydrogen) atoms. The zero-order chi connectivity index (χ0) is 20.6. The van der Waals surface area contributed by atoms with Gasteiger partial charge in [0.2, 0.25) is 5.91 Å². The minimum absolute atomic E-state index is 0.108. The highest BCUT2D eigenvalue weighted by atomic mass is 35.5. The fourth-order valence-electron chi connectivity index (χ4n) is 2.60. The van der Waals surface area contributed by atoms with Crippen molar-refractivity contribution in [3.8, 4) is 22.8 Å². The van der Waals surface area contributed by atoms with Crippen LogP contribution in [0.4, 0.5) is 0 Å². The van der Waals surface area contributed by atoms with Crippen LogP contribution in [-0.2, 0) is 11.2 Å². The van der Waals surface area contributed by atoms with Gasteiger partial charge in [-0.2, -0.15) is 0 Å². The first kappa shape index (κ1) is 21.0. The Kier molecular flexibility index (Phi) is 7.38. The molecule has 1 aromatic heterocycles. The quantitative estimate of drug-likeness (QED) is 0.490. The number of hydrogen-bond donors (Lipinski definition) is 1. The van der Waals surface area contributed by atoms with Gasteiger partial charge in [-0.15, -0.1) is 0 Å². The number of hydrogen-bond acceptors (Lipinski definition) is 5. The Hall–Kier alpha value is -2.70. The van der Waals surface area contributed by atoms with Gasteiger partial charge in [0.15, 0.2) is 11.7 Å². The van der Waals surface area contributed by atoms with Gasteiger partial charge >= 0.3 is 0 Å². The molecule has 0 atom stereocenters. The molecule has 2 aromatic carbocycles. The molecule has 3 rings (SSSR count). The molecule has 0 aliphatic carbocycles. The van der Waals surface area contributed by atoms with E-state index < -0.39 is 0 Å². The SMILES string of the molecule is COc1cccc(OCCNC(=O)CCc2ncc(-c3ccc(Cl)cc3Cl)o2)c1. The van der Waals surface area contributed by atoms with Crippen LogP contribution in [0.5, 0.6) is 11.5 Å². The van der Waals surface area contributed by atoms with Crippen LogP contribution in [0.25, 0.3) is 11.3 Å². The van der Waals surface area contributed by atoms with E-state index in [1.807, 2.05) is 18.2 Å². The molecule has 8 heteroatoms. The zero-order valence-electron chi connectivity index (χ0n) is 15.8. The van der Waals surface area contributed by atoms with Crippen LogP contribution in [0, 0.1) is 0 Å². The third kappa shape index (κ3) is 6.14. The van der Waals surface area contributed by atoms with E-state index in [0.29, 0.717) is 52.6 Å². The lowest BCUT2D eigenvalue weighted by atomic mass is 10.2. The zero-order valence-corrected chi connectivity index (χ0v) is 17.3. The summed E-state index contributed by atoms with van der Waals surface area (Å²) in [5.41, 5.74) is 0.703. The maximum Gasteiger partial charge on any atom is 0.220 e. The molecule has 1 N–H and O–H groups in total. The van der Waals surface area contributed by atoms with Crippen molar-refractivity contribution in [2.75, 3.05) is 20.3 Å². The molecule has 0 fully saturated rings. The number of nitrogens with one attached hydrogen (secondary N) is 1. The Morgan fingerprint density at radius 1 is 1.17 bits per heavy atom. The number of amides is 1. The number of rotatable bonds is 9. The first-order chi connectivity index (χ1) is 14.0. The van der Waals surface area contributed by atoms with E-state index in [1.54, 1.807) is 37.6 Å². The summed E-state index contributed by atoms with van der Waals surface area (Å²) < 4.78 is 16.4. The summed E-state index contributed by atoms with van der Waals surface area (Å²) in [5, 5.41) is 3.83. The number of ether oxygens (including phenoxy) is 2. The Morgan fingerprint density at radius 3 is 2.79 bits per heavy atom. The molecule has 1 heterocycles. The Morgan fingerprint density at radius 2 is 2.00 bits per heavy atom. The Bertz CT molecular complexity index is 975. The minimum atomic E-state index is -0.108. The molecule has 0 unspecified atom stereocenters. The highest BCUT2D eigenvalue weighted by Gasteiger charge is 2.12. The number of methoxy groups -OCH3 is 1. The van der Waals surface area contributed by atoms with Gasteiger partial charge in [0.05, 0.1) is 24.9 Å². The Balaban J connectivity index is 1.41. The van der Waals surface area contributed by atoms with Crippen LogP contribution >= 0.6 is 23.2 Å². The van der Waals surface area contributed by atoms with Gasteiger partial charge < -0.3 is 19.2 Å². The number of carbonyl (C=O) groups excluding carboxylic acids is 1. The van der Waals surface area contributed by atoms with E-state index >= 15 is 0 Å². The normalized spacial score (nSPS) is 10.6. The van der Waals surface area contributed by atoms with Crippen LogP contribution in [0.2, 0.25) is 10.0 Å². The molecule has 0 aliphatic heterocycles. The van der Waals surface area contributed by atoms with Gasteiger partial charge in [-0.05, 0) is 30.3 Å². The van der Waals surface area contributed by atoms with E-state index in [4.69, 9.17) is 37.1 Å². The van der Waals surface area contributed by atoms with E-state index in [-0.39, 0.29) is 12.3 Å². The smallest absolute Gasteiger partial charge is 0.220 e. The van der Waals surface area contributed by atoms with E-state index in [1.165, 1.54) is 0 Å². The van der Waals surface area contributed by atoms with Crippen molar-refractivity contribution >= 4 is 29.1 Å². The lowest BCUT2D eigenvalue weighted by Crippen LogP contribution is -2.28. The number of aromatic nitrogens is 1. The summed E-state index contributed by atoms with van der Waals surface area (Å²) in [7, 11) is 1.60. The largest absolute Gasteiger partial charge is 0.497 e. The first-order valence-corrected chi connectivity index (χ1v) is 9.74. The summed E-state index contributed by atoms with van der Waals surface area (Å²) in [6.45, 7) is 0.754. The van der Waals surface area contributed by atoms with Gasteiger partial charge in [-0.3, -0.25) is 4.79 Å². The number of carbonyl (C=O) groups is 1. The Labute approximate surface area is 178 Å². The fraction of sp³-hybridized carbons (Fsp3) is 0.238. The van der Waals surface area contributed by atoms with Gasteiger partial charge in [-0.1, -0.05) is 29.3 Å². The second kappa shape index (κ2) is 10.2. The molecule has 0 radical (unpaired) electrons. The van der Waals surface area contributed by atoms with Crippen molar-refractivity contribution < 1.29 is 18.7 Å². The third-order valence-corrected chi connectivity index (χ3v) is 4.60. The molecule has 0 spiro atoms. The molecule has 0 saturated heterocycles. The molecule has 0 bridgehead atoms. The first-order valence-electron chi connectivity index (χ1n) is 8.99. The topological polar surface area (TPSA) is 73.6 Å². The van der Waals surface area contributed by atoms with Crippen molar-refractivity contribution in [1.29, 1.82) is 0 Å². The monoisotopic (exact) mass is 434 g/mol. The van der Waals surface area contributed by atoms with Gasteiger partial charge in [-0.25, -0.2) is 4.98 Å². The summed E-state index contributed by atoms with van der Waals surface area (Å²) >= 11 is 12.1. The number of benzene rings is 2. The molecule has 152 valence electrons. The summed E-state index contributed by atoms with van der Waals surface area (Å²) in [4.78, 5) is 16.2.